The van der Waals surface area contributed by atoms with Crippen molar-refractivity contribution < 1.29 is 14.3 Å². The van der Waals surface area contributed by atoms with Crippen LogP contribution in [0.25, 0.3) is 23.1 Å². The van der Waals surface area contributed by atoms with E-state index in [9.17, 15) is 4.79 Å². The van der Waals surface area contributed by atoms with Crippen LogP contribution in [-0.2, 0) is 4.74 Å². The Morgan fingerprint density at radius 1 is 1.29 bits per heavy atom. The number of nitrogens with zero attached hydrogens (tertiary/aromatic N) is 3. The molecule has 7 nitrogen and oxygen atoms in total. The zero-order valence-corrected chi connectivity index (χ0v) is 13.3. The molecule has 0 spiro atoms. The monoisotopic (exact) mass is 324 g/mol. The SMILES string of the molecule is CCOC(=O)c1ccc2n[nH]c(/C=C/c3cnccn3)c2c1OC. The molecule has 0 amide bonds. The van der Waals surface area contributed by atoms with Gasteiger partial charge in [-0.25, -0.2) is 4.79 Å². The second-order valence-corrected chi connectivity index (χ2v) is 4.86. The maximum atomic E-state index is 12.1. The van der Waals surface area contributed by atoms with Crippen LogP contribution in [0.15, 0.2) is 30.7 Å². The van der Waals surface area contributed by atoms with Crippen molar-refractivity contribution in [3.63, 3.8) is 0 Å². The van der Waals surface area contributed by atoms with Crippen LogP contribution in [0.3, 0.4) is 0 Å². The molecule has 3 rings (SSSR count). The number of benzene rings is 1. The van der Waals surface area contributed by atoms with Crippen LogP contribution < -0.4 is 4.74 Å². The van der Waals surface area contributed by atoms with E-state index in [4.69, 9.17) is 9.47 Å². The normalized spacial score (nSPS) is 11.1. The summed E-state index contributed by atoms with van der Waals surface area (Å²) in [5, 5.41) is 7.89. The molecule has 1 aromatic carbocycles. The molecule has 0 saturated carbocycles. The number of hydrogen-bond acceptors (Lipinski definition) is 6. The van der Waals surface area contributed by atoms with Crippen molar-refractivity contribution in [3.8, 4) is 5.75 Å². The zero-order valence-electron chi connectivity index (χ0n) is 13.3. The van der Waals surface area contributed by atoms with E-state index in [-0.39, 0.29) is 0 Å². The molecule has 0 unspecified atom stereocenters. The van der Waals surface area contributed by atoms with Crippen molar-refractivity contribution in [2.24, 2.45) is 0 Å². The quantitative estimate of drug-likeness (QED) is 0.726. The zero-order chi connectivity index (χ0) is 16.9. The lowest BCUT2D eigenvalue weighted by Gasteiger charge is -2.09. The fourth-order valence-electron chi connectivity index (χ4n) is 2.37. The summed E-state index contributed by atoms with van der Waals surface area (Å²) in [5.74, 6) is -0.000184. The smallest absolute Gasteiger partial charge is 0.341 e. The molecule has 0 aliphatic heterocycles. The highest BCUT2D eigenvalue weighted by atomic mass is 16.5. The van der Waals surface area contributed by atoms with Gasteiger partial charge in [0.05, 0.1) is 42.2 Å². The molecule has 0 aliphatic carbocycles. The molecule has 7 heteroatoms. The molecule has 2 heterocycles. The van der Waals surface area contributed by atoms with Gasteiger partial charge in [0.25, 0.3) is 0 Å². The highest BCUT2D eigenvalue weighted by Gasteiger charge is 2.19. The lowest BCUT2D eigenvalue weighted by molar-refractivity contribution is 0.0523. The van der Waals surface area contributed by atoms with Crippen LogP contribution in [0.5, 0.6) is 5.75 Å². The van der Waals surface area contributed by atoms with E-state index in [1.165, 1.54) is 7.11 Å². The molecule has 0 fully saturated rings. The first-order valence-corrected chi connectivity index (χ1v) is 7.41. The van der Waals surface area contributed by atoms with Crippen molar-refractivity contribution in [2.45, 2.75) is 6.92 Å². The largest absolute Gasteiger partial charge is 0.495 e. The first-order chi connectivity index (χ1) is 11.7. The standard InChI is InChI=1S/C17H16N4O3/c1-3-24-17(22)12-5-7-14-15(16(12)23-2)13(20-21-14)6-4-11-10-18-8-9-19-11/h4-10H,3H2,1-2H3,(H,20,21)/b6-4+. The van der Waals surface area contributed by atoms with Crippen LogP contribution in [0, 0.1) is 0 Å². The topological polar surface area (TPSA) is 90.0 Å². The number of aromatic nitrogens is 4. The predicted molar refractivity (Wildman–Crippen MR) is 89.6 cm³/mol. The Morgan fingerprint density at radius 3 is 2.88 bits per heavy atom. The Labute approximate surface area is 138 Å². The summed E-state index contributed by atoms with van der Waals surface area (Å²) in [6.45, 7) is 2.06. The molecule has 0 radical (unpaired) electrons. The second-order valence-electron chi connectivity index (χ2n) is 4.86. The number of aromatic amines is 1. The van der Waals surface area contributed by atoms with Gasteiger partial charge in [0.15, 0.2) is 0 Å². The molecule has 2 aromatic heterocycles. The molecule has 122 valence electrons. The van der Waals surface area contributed by atoms with Gasteiger partial charge in [-0.3, -0.25) is 15.1 Å². The molecule has 0 atom stereocenters. The van der Waals surface area contributed by atoms with Crippen molar-refractivity contribution in [1.29, 1.82) is 0 Å². The third kappa shape index (κ3) is 2.96. The predicted octanol–water partition coefficient (Wildman–Crippen LogP) is 2.71. The van der Waals surface area contributed by atoms with Crippen molar-refractivity contribution in [1.82, 2.24) is 20.2 Å². The van der Waals surface area contributed by atoms with Crippen LogP contribution in [0.1, 0.15) is 28.7 Å². The Kier molecular flexibility index (Phi) is 4.51. The fraction of sp³-hybridized carbons (Fsp3) is 0.176. The fourth-order valence-corrected chi connectivity index (χ4v) is 2.37. The summed E-state index contributed by atoms with van der Waals surface area (Å²) in [5.41, 5.74) is 2.47. The number of nitrogens with one attached hydrogen (secondary N) is 1. The van der Waals surface area contributed by atoms with Gasteiger partial charge in [-0.1, -0.05) is 0 Å². The van der Waals surface area contributed by atoms with Gasteiger partial charge in [0, 0.05) is 12.4 Å². The minimum Gasteiger partial charge on any atom is -0.495 e. The molecule has 24 heavy (non-hydrogen) atoms. The molecule has 0 aliphatic rings. The summed E-state index contributed by atoms with van der Waals surface area (Å²) < 4.78 is 10.5. The first kappa shape index (κ1) is 15.7. The summed E-state index contributed by atoms with van der Waals surface area (Å²) in [7, 11) is 1.51. The number of hydrogen-bond donors (Lipinski definition) is 1. The number of rotatable bonds is 5. The number of carbonyl (C=O) groups excluding carboxylic acids is 1. The van der Waals surface area contributed by atoms with E-state index in [2.05, 4.69) is 20.2 Å². The van der Waals surface area contributed by atoms with E-state index in [0.717, 1.165) is 0 Å². The highest BCUT2D eigenvalue weighted by molar-refractivity contribution is 6.03. The van der Waals surface area contributed by atoms with Gasteiger partial charge >= 0.3 is 5.97 Å². The van der Waals surface area contributed by atoms with Gasteiger partial charge in [-0.05, 0) is 31.2 Å². The van der Waals surface area contributed by atoms with E-state index in [1.807, 2.05) is 6.08 Å². The number of fused-ring (bicyclic) bond motifs is 1. The Balaban J connectivity index is 2.08. The summed E-state index contributed by atoms with van der Waals surface area (Å²) in [6.07, 6.45) is 8.49. The number of ether oxygens (including phenoxy) is 2. The average molecular weight is 324 g/mol. The molecular weight excluding hydrogens is 308 g/mol. The van der Waals surface area contributed by atoms with E-state index in [0.29, 0.717) is 40.2 Å². The van der Waals surface area contributed by atoms with Gasteiger partial charge in [-0.2, -0.15) is 5.10 Å². The maximum Gasteiger partial charge on any atom is 0.341 e. The van der Waals surface area contributed by atoms with E-state index in [1.54, 1.807) is 43.7 Å². The van der Waals surface area contributed by atoms with Crippen molar-refractivity contribution in [2.75, 3.05) is 13.7 Å². The minimum absolute atomic E-state index is 0.296. The summed E-state index contributed by atoms with van der Waals surface area (Å²) >= 11 is 0. The van der Waals surface area contributed by atoms with E-state index >= 15 is 0 Å². The number of carbonyl (C=O) groups is 1. The lowest BCUT2D eigenvalue weighted by Crippen LogP contribution is -2.07. The molecule has 3 aromatic rings. The molecule has 1 N–H and O–H groups in total. The van der Waals surface area contributed by atoms with Crippen LogP contribution in [0.2, 0.25) is 0 Å². The summed E-state index contributed by atoms with van der Waals surface area (Å²) in [6, 6.07) is 3.40. The van der Waals surface area contributed by atoms with Crippen molar-refractivity contribution >= 4 is 29.0 Å². The minimum atomic E-state index is -0.429. The maximum absolute atomic E-state index is 12.1. The molecular formula is C17H16N4O3. The third-order valence-electron chi connectivity index (χ3n) is 3.41. The Bertz CT molecular complexity index is 887. The van der Waals surface area contributed by atoms with Crippen LogP contribution in [0.4, 0.5) is 0 Å². The Morgan fingerprint density at radius 2 is 2.17 bits per heavy atom. The summed E-state index contributed by atoms with van der Waals surface area (Å²) in [4.78, 5) is 20.3. The second kappa shape index (κ2) is 6.91. The average Bonchev–Trinajstić information content (AvgIpc) is 3.03. The van der Waals surface area contributed by atoms with Crippen LogP contribution >= 0.6 is 0 Å². The van der Waals surface area contributed by atoms with E-state index < -0.39 is 5.97 Å². The molecule has 0 bridgehead atoms. The number of H-pyrrole nitrogens is 1. The third-order valence-corrected chi connectivity index (χ3v) is 3.41. The number of methoxy groups -OCH3 is 1. The highest BCUT2D eigenvalue weighted by Crippen LogP contribution is 2.32. The van der Waals surface area contributed by atoms with Gasteiger partial charge in [0.1, 0.15) is 11.3 Å². The lowest BCUT2D eigenvalue weighted by atomic mass is 10.1. The Hall–Kier alpha value is -3.22. The van der Waals surface area contributed by atoms with Crippen molar-refractivity contribution in [3.05, 3.63) is 47.7 Å². The first-order valence-electron chi connectivity index (χ1n) is 7.41. The number of esters is 1. The molecule has 0 saturated heterocycles. The van der Waals surface area contributed by atoms with Crippen LogP contribution in [-0.4, -0.2) is 39.9 Å². The van der Waals surface area contributed by atoms with Gasteiger partial charge in [0.2, 0.25) is 0 Å². The van der Waals surface area contributed by atoms with Gasteiger partial charge in [-0.15, -0.1) is 0 Å². The van der Waals surface area contributed by atoms with Gasteiger partial charge < -0.3 is 9.47 Å².